The fraction of sp³-hybridized carbons (Fsp3) is 0.812. The molecule has 1 saturated heterocycles. The average Bonchev–Trinajstić information content (AvgIpc) is 2.89. The highest BCUT2D eigenvalue weighted by atomic mass is 32.1. The summed E-state index contributed by atoms with van der Waals surface area (Å²) in [6, 6.07) is 0.349. The lowest BCUT2D eigenvalue weighted by Crippen LogP contribution is -2.43. The van der Waals surface area contributed by atoms with E-state index in [1.807, 2.05) is 6.92 Å². The highest BCUT2D eigenvalue weighted by molar-refractivity contribution is 7.09. The number of nitrogens with zero attached hydrogens (tertiary/aromatic N) is 1. The Morgan fingerprint density at radius 1 is 1.48 bits per heavy atom. The van der Waals surface area contributed by atoms with E-state index < -0.39 is 0 Å². The summed E-state index contributed by atoms with van der Waals surface area (Å²) in [6.07, 6.45) is 1.10. The molecule has 2 rings (SSSR count). The molecule has 1 fully saturated rings. The molecule has 4 nitrogen and oxygen atoms in total. The highest BCUT2D eigenvalue weighted by Gasteiger charge is 2.45. The standard InChI is InChI=1S/C16H28N2O2S/c1-7-19-11(2)14-18-12(10-21-14)9-17-13-8-15(3,4)20-16(13,5)6/h10-11,13,17H,7-9H2,1-6H3/t11-,13+/m0/s1. The molecule has 120 valence electrons. The van der Waals surface area contributed by atoms with Gasteiger partial charge in [-0.15, -0.1) is 11.3 Å². The first kappa shape index (κ1) is 16.9. The first-order chi connectivity index (χ1) is 9.73. The van der Waals surface area contributed by atoms with Crippen molar-refractivity contribution < 1.29 is 9.47 Å². The van der Waals surface area contributed by atoms with Gasteiger partial charge in [0.05, 0.1) is 16.9 Å². The molecule has 5 heteroatoms. The van der Waals surface area contributed by atoms with E-state index in [0.717, 1.165) is 30.3 Å². The van der Waals surface area contributed by atoms with Gasteiger partial charge in [-0.05, 0) is 48.0 Å². The Hall–Kier alpha value is -0.490. The van der Waals surface area contributed by atoms with Gasteiger partial charge in [0.15, 0.2) is 0 Å². The van der Waals surface area contributed by atoms with Crippen LogP contribution in [0.5, 0.6) is 0 Å². The van der Waals surface area contributed by atoms with Crippen LogP contribution in [0.4, 0.5) is 0 Å². The lowest BCUT2D eigenvalue weighted by Gasteiger charge is -2.27. The lowest BCUT2D eigenvalue weighted by atomic mass is 9.94. The maximum atomic E-state index is 6.11. The summed E-state index contributed by atoms with van der Waals surface area (Å²) in [5.41, 5.74) is 0.890. The number of ether oxygens (including phenoxy) is 2. The van der Waals surface area contributed by atoms with Gasteiger partial charge < -0.3 is 14.8 Å². The minimum Gasteiger partial charge on any atom is -0.372 e. The molecule has 0 amide bonds. The number of nitrogens with one attached hydrogen (secondary N) is 1. The van der Waals surface area contributed by atoms with Crippen molar-refractivity contribution in [3.63, 3.8) is 0 Å². The van der Waals surface area contributed by atoms with Crippen LogP contribution in [0, 0.1) is 0 Å². The molecule has 0 unspecified atom stereocenters. The van der Waals surface area contributed by atoms with Gasteiger partial charge in [-0.3, -0.25) is 0 Å². The number of hydrogen-bond donors (Lipinski definition) is 1. The van der Waals surface area contributed by atoms with Crippen LogP contribution in [-0.4, -0.2) is 28.8 Å². The van der Waals surface area contributed by atoms with Crippen LogP contribution in [0.25, 0.3) is 0 Å². The van der Waals surface area contributed by atoms with Crippen LogP contribution in [0.15, 0.2) is 5.38 Å². The van der Waals surface area contributed by atoms with E-state index in [2.05, 4.69) is 50.3 Å². The Morgan fingerprint density at radius 2 is 2.19 bits per heavy atom. The largest absolute Gasteiger partial charge is 0.372 e. The molecule has 0 spiro atoms. The van der Waals surface area contributed by atoms with Gasteiger partial charge >= 0.3 is 0 Å². The van der Waals surface area contributed by atoms with Crippen LogP contribution < -0.4 is 5.32 Å². The number of hydrogen-bond acceptors (Lipinski definition) is 5. The summed E-state index contributed by atoms with van der Waals surface area (Å²) in [7, 11) is 0. The van der Waals surface area contributed by atoms with Crippen molar-refractivity contribution in [3.05, 3.63) is 16.1 Å². The van der Waals surface area contributed by atoms with Crippen molar-refractivity contribution in [3.8, 4) is 0 Å². The zero-order chi connectivity index (χ0) is 15.7. The van der Waals surface area contributed by atoms with Crippen LogP contribution in [0.2, 0.25) is 0 Å². The molecule has 1 aliphatic rings. The minimum absolute atomic E-state index is 0.0577. The fourth-order valence-corrected chi connectivity index (χ4v) is 3.84. The van der Waals surface area contributed by atoms with Crippen LogP contribution in [-0.2, 0) is 16.0 Å². The van der Waals surface area contributed by atoms with Gasteiger partial charge in [-0.1, -0.05) is 0 Å². The van der Waals surface area contributed by atoms with E-state index in [4.69, 9.17) is 9.47 Å². The predicted molar refractivity (Wildman–Crippen MR) is 86.6 cm³/mol. The van der Waals surface area contributed by atoms with Crippen molar-refractivity contribution in [2.24, 2.45) is 0 Å². The third-order valence-corrected chi connectivity index (χ3v) is 4.99. The van der Waals surface area contributed by atoms with Gasteiger partial charge in [-0.2, -0.15) is 0 Å². The minimum atomic E-state index is -0.138. The maximum Gasteiger partial charge on any atom is 0.122 e. The second-order valence-corrected chi connectivity index (χ2v) is 7.77. The Balaban J connectivity index is 1.92. The summed E-state index contributed by atoms with van der Waals surface area (Å²) in [6.45, 7) is 14.2. The molecule has 2 heterocycles. The number of rotatable bonds is 6. The molecule has 1 aromatic heterocycles. The molecular formula is C16H28N2O2S. The normalized spacial score (nSPS) is 25.1. The number of thiazole rings is 1. The Kier molecular flexibility index (Phi) is 5.08. The van der Waals surface area contributed by atoms with Gasteiger partial charge in [-0.25, -0.2) is 4.98 Å². The summed E-state index contributed by atoms with van der Waals surface area (Å²) in [5, 5.41) is 6.78. The van der Waals surface area contributed by atoms with Crippen molar-refractivity contribution in [2.75, 3.05) is 6.61 Å². The van der Waals surface area contributed by atoms with E-state index in [0.29, 0.717) is 6.04 Å². The molecule has 1 aromatic rings. The molecule has 1 N–H and O–H groups in total. The second kappa shape index (κ2) is 6.32. The van der Waals surface area contributed by atoms with E-state index in [1.54, 1.807) is 11.3 Å². The third kappa shape index (κ3) is 4.25. The van der Waals surface area contributed by atoms with E-state index in [1.165, 1.54) is 0 Å². The van der Waals surface area contributed by atoms with Gasteiger partial charge in [0.1, 0.15) is 11.1 Å². The Bertz CT molecular complexity index is 471. The molecular weight excluding hydrogens is 284 g/mol. The molecule has 0 aliphatic carbocycles. The summed E-state index contributed by atoms with van der Waals surface area (Å²) in [4.78, 5) is 4.66. The summed E-state index contributed by atoms with van der Waals surface area (Å²) in [5.74, 6) is 0. The SMILES string of the molecule is CCO[C@@H](C)c1nc(CN[C@@H]2CC(C)(C)OC2(C)C)cs1. The second-order valence-electron chi connectivity index (χ2n) is 6.88. The molecule has 0 aromatic carbocycles. The smallest absolute Gasteiger partial charge is 0.122 e. The Labute approximate surface area is 132 Å². The zero-order valence-electron chi connectivity index (χ0n) is 14.0. The predicted octanol–water partition coefficient (Wildman–Crippen LogP) is 3.68. The van der Waals surface area contributed by atoms with Crippen LogP contribution in [0.3, 0.4) is 0 Å². The third-order valence-electron chi connectivity index (χ3n) is 3.94. The first-order valence-corrected chi connectivity index (χ1v) is 8.61. The molecule has 2 atom stereocenters. The molecule has 0 saturated carbocycles. The van der Waals surface area contributed by atoms with Gasteiger partial charge in [0, 0.05) is 24.6 Å². The quantitative estimate of drug-likeness (QED) is 0.870. The monoisotopic (exact) mass is 312 g/mol. The topological polar surface area (TPSA) is 43.4 Å². The van der Waals surface area contributed by atoms with E-state index >= 15 is 0 Å². The first-order valence-electron chi connectivity index (χ1n) is 7.73. The van der Waals surface area contributed by atoms with E-state index in [9.17, 15) is 0 Å². The molecule has 21 heavy (non-hydrogen) atoms. The summed E-state index contributed by atoms with van der Waals surface area (Å²) < 4.78 is 11.7. The van der Waals surface area contributed by atoms with Crippen molar-refractivity contribution in [2.45, 2.75) is 77.9 Å². The van der Waals surface area contributed by atoms with Gasteiger partial charge in [0.2, 0.25) is 0 Å². The highest BCUT2D eigenvalue weighted by Crippen LogP contribution is 2.37. The Morgan fingerprint density at radius 3 is 2.76 bits per heavy atom. The zero-order valence-corrected chi connectivity index (χ0v) is 14.8. The number of aromatic nitrogens is 1. The lowest BCUT2D eigenvalue weighted by molar-refractivity contribution is -0.0699. The van der Waals surface area contributed by atoms with Gasteiger partial charge in [0.25, 0.3) is 0 Å². The molecule has 0 bridgehead atoms. The van der Waals surface area contributed by atoms with E-state index in [-0.39, 0.29) is 17.3 Å². The maximum absolute atomic E-state index is 6.11. The average molecular weight is 312 g/mol. The molecule has 0 radical (unpaired) electrons. The van der Waals surface area contributed by atoms with Crippen molar-refractivity contribution in [1.82, 2.24) is 10.3 Å². The summed E-state index contributed by atoms with van der Waals surface area (Å²) >= 11 is 1.67. The van der Waals surface area contributed by atoms with Crippen LogP contribution in [0.1, 0.15) is 64.8 Å². The van der Waals surface area contributed by atoms with Crippen molar-refractivity contribution >= 4 is 11.3 Å². The van der Waals surface area contributed by atoms with Crippen molar-refractivity contribution in [1.29, 1.82) is 0 Å². The fourth-order valence-electron chi connectivity index (χ4n) is 3.02. The molecule has 1 aliphatic heterocycles. The van der Waals surface area contributed by atoms with Crippen LogP contribution >= 0.6 is 11.3 Å².